The van der Waals surface area contributed by atoms with E-state index in [2.05, 4.69) is 29.2 Å². The summed E-state index contributed by atoms with van der Waals surface area (Å²) in [4.78, 5) is 4.17. The van der Waals surface area contributed by atoms with Gasteiger partial charge in [0.2, 0.25) is 0 Å². The van der Waals surface area contributed by atoms with Gasteiger partial charge in [-0.1, -0.05) is 24.3 Å². The SMILES string of the molecule is NCC1CCOc2c(-c3cccnc3)cccc21. The van der Waals surface area contributed by atoms with Crippen molar-refractivity contribution in [3.63, 3.8) is 0 Å². The Labute approximate surface area is 107 Å². The second kappa shape index (κ2) is 4.78. The summed E-state index contributed by atoms with van der Waals surface area (Å²) in [6.45, 7) is 1.42. The van der Waals surface area contributed by atoms with Crippen LogP contribution in [0.3, 0.4) is 0 Å². The fraction of sp³-hybridized carbons (Fsp3) is 0.267. The summed E-state index contributed by atoms with van der Waals surface area (Å²) in [5, 5.41) is 0. The van der Waals surface area contributed by atoms with Crippen molar-refractivity contribution in [2.24, 2.45) is 5.73 Å². The van der Waals surface area contributed by atoms with Crippen LogP contribution >= 0.6 is 0 Å². The minimum atomic E-state index is 0.408. The molecule has 2 heterocycles. The number of benzene rings is 1. The van der Waals surface area contributed by atoms with Gasteiger partial charge in [-0.3, -0.25) is 4.98 Å². The Morgan fingerprint density at radius 2 is 2.22 bits per heavy atom. The zero-order chi connectivity index (χ0) is 12.4. The third-order valence-electron chi connectivity index (χ3n) is 3.46. The molecule has 1 aliphatic heterocycles. The minimum Gasteiger partial charge on any atom is -0.493 e. The molecule has 1 aromatic carbocycles. The average Bonchev–Trinajstić information content (AvgIpc) is 2.47. The molecule has 1 unspecified atom stereocenters. The minimum absolute atomic E-state index is 0.408. The van der Waals surface area contributed by atoms with Crippen molar-refractivity contribution >= 4 is 0 Å². The lowest BCUT2D eigenvalue weighted by Crippen LogP contribution is -2.21. The van der Waals surface area contributed by atoms with Gasteiger partial charge >= 0.3 is 0 Å². The Morgan fingerprint density at radius 1 is 1.28 bits per heavy atom. The van der Waals surface area contributed by atoms with Crippen molar-refractivity contribution < 1.29 is 4.74 Å². The maximum Gasteiger partial charge on any atom is 0.130 e. The number of pyridine rings is 1. The van der Waals surface area contributed by atoms with E-state index >= 15 is 0 Å². The molecule has 0 aliphatic carbocycles. The van der Waals surface area contributed by atoms with E-state index in [4.69, 9.17) is 10.5 Å². The van der Waals surface area contributed by atoms with Gasteiger partial charge in [0.25, 0.3) is 0 Å². The van der Waals surface area contributed by atoms with Gasteiger partial charge in [0, 0.05) is 29.4 Å². The van der Waals surface area contributed by atoms with Crippen LogP contribution in [0.25, 0.3) is 11.1 Å². The molecule has 0 spiro atoms. The highest BCUT2D eigenvalue weighted by molar-refractivity contribution is 5.72. The van der Waals surface area contributed by atoms with Gasteiger partial charge in [-0.25, -0.2) is 0 Å². The number of hydrogen-bond acceptors (Lipinski definition) is 3. The van der Waals surface area contributed by atoms with E-state index in [1.165, 1.54) is 5.56 Å². The van der Waals surface area contributed by atoms with E-state index in [-0.39, 0.29) is 0 Å². The van der Waals surface area contributed by atoms with Crippen LogP contribution in [0.2, 0.25) is 0 Å². The van der Waals surface area contributed by atoms with Gasteiger partial charge in [0.15, 0.2) is 0 Å². The van der Waals surface area contributed by atoms with Crippen molar-refractivity contribution in [2.75, 3.05) is 13.2 Å². The highest BCUT2D eigenvalue weighted by atomic mass is 16.5. The van der Waals surface area contributed by atoms with E-state index in [0.29, 0.717) is 12.5 Å². The lowest BCUT2D eigenvalue weighted by Gasteiger charge is -2.26. The summed E-state index contributed by atoms with van der Waals surface area (Å²) in [5.74, 6) is 1.39. The second-order valence-electron chi connectivity index (χ2n) is 4.54. The summed E-state index contributed by atoms with van der Waals surface area (Å²) in [5.41, 5.74) is 9.27. The van der Waals surface area contributed by atoms with E-state index in [1.807, 2.05) is 12.3 Å². The molecular weight excluding hydrogens is 224 g/mol. The zero-order valence-electron chi connectivity index (χ0n) is 10.2. The van der Waals surface area contributed by atoms with Crippen LogP contribution in [-0.4, -0.2) is 18.1 Å². The molecule has 3 rings (SSSR count). The number of aromatic nitrogens is 1. The summed E-state index contributed by atoms with van der Waals surface area (Å²) < 4.78 is 5.86. The molecule has 0 saturated heterocycles. The average molecular weight is 240 g/mol. The normalized spacial score (nSPS) is 17.9. The third-order valence-corrected chi connectivity index (χ3v) is 3.46. The van der Waals surface area contributed by atoms with Crippen LogP contribution in [0.1, 0.15) is 17.9 Å². The Balaban J connectivity index is 2.12. The fourth-order valence-electron chi connectivity index (χ4n) is 2.49. The lowest BCUT2D eigenvalue weighted by molar-refractivity contribution is 0.270. The summed E-state index contributed by atoms with van der Waals surface area (Å²) in [6.07, 6.45) is 4.65. The number of hydrogen-bond donors (Lipinski definition) is 1. The highest BCUT2D eigenvalue weighted by Crippen LogP contribution is 2.40. The molecule has 0 fully saturated rings. The third kappa shape index (κ3) is 1.87. The van der Waals surface area contributed by atoms with Crippen LogP contribution in [0, 0.1) is 0 Å². The van der Waals surface area contributed by atoms with Crippen molar-refractivity contribution in [3.05, 3.63) is 48.3 Å². The monoisotopic (exact) mass is 240 g/mol. The molecule has 2 N–H and O–H groups in total. The van der Waals surface area contributed by atoms with Gasteiger partial charge < -0.3 is 10.5 Å². The number of para-hydroxylation sites is 1. The highest BCUT2D eigenvalue weighted by Gasteiger charge is 2.22. The molecule has 0 amide bonds. The maximum atomic E-state index is 5.86. The number of rotatable bonds is 2. The lowest BCUT2D eigenvalue weighted by atomic mass is 9.90. The Morgan fingerprint density at radius 3 is 3.00 bits per heavy atom. The summed E-state index contributed by atoms with van der Waals surface area (Å²) >= 11 is 0. The van der Waals surface area contributed by atoms with Gasteiger partial charge in [-0.2, -0.15) is 0 Å². The van der Waals surface area contributed by atoms with Gasteiger partial charge in [0.1, 0.15) is 5.75 Å². The molecule has 92 valence electrons. The summed E-state index contributed by atoms with van der Waals surface area (Å²) in [6, 6.07) is 10.3. The topological polar surface area (TPSA) is 48.1 Å². The molecule has 1 aromatic heterocycles. The molecule has 3 heteroatoms. The largest absolute Gasteiger partial charge is 0.493 e. The van der Waals surface area contributed by atoms with Crippen LogP contribution in [-0.2, 0) is 0 Å². The predicted molar refractivity (Wildman–Crippen MR) is 71.6 cm³/mol. The van der Waals surface area contributed by atoms with E-state index in [0.717, 1.165) is 29.9 Å². The zero-order valence-corrected chi connectivity index (χ0v) is 10.2. The molecule has 0 radical (unpaired) electrons. The first kappa shape index (κ1) is 11.2. The molecule has 0 bridgehead atoms. The molecule has 18 heavy (non-hydrogen) atoms. The Hall–Kier alpha value is -1.87. The molecule has 2 aromatic rings. The Bertz CT molecular complexity index is 539. The number of nitrogens with zero attached hydrogens (tertiary/aromatic N) is 1. The van der Waals surface area contributed by atoms with Gasteiger partial charge in [-0.05, 0) is 24.6 Å². The first-order chi connectivity index (χ1) is 8.90. The van der Waals surface area contributed by atoms with Crippen molar-refractivity contribution in [2.45, 2.75) is 12.3 Å². The molecular formula is C15H16N2O. The number of fused-ring (bicyclic) bond motifs is 1. The van der Waals surface area contributed by atoms with Crippen molar-refractivity contribution in [1.29, 1.82) is 0 Å². The number of nitrogens with two attached hydrogens (primary N) is 1. The van der Waals surface area contributed by atoms with Crippen molar-refractivity contribution in [3.8, 4) is 16.9 Å². The van der Waals surface area contributed by atoms with E-state index in [1.54, 1.807) is 6.20 Å². The quantitative estimate of drug-likeness (QED) is 0.877. The predicted octanol–water partition coefficient (Wildman–Crippen LogP) is 2.57. The summed E-state index contributed by atoms with van der Waals surface area (Å²) in [7, 11) is 0. The van der Waals surface area contributed by atoms with Gasteiger partial charge in [-0.15, -0.1) is 0 Å². The van der Waals surface area contributed by atoms with Gasteiger partial charge in [0.05, 0.1) is 6.61 Å². The first-order valence-corrected chi connectivity index (χ1v) is 6.26. The van der Waals surface area contributed by atoms with Crippen LogP contribution < -0.4 is 10.5 Å². The van der Waals surface area contributed by atoms with Crippen molar-refractivity contribution in [1.82, 2.24) is 4.98 Å². The molecule has 1 aliphatic rings. The van der Waals surface area contributed by atoms with E-state index < -0.39 is 0 Å². The van der Waals surface area contributed by atoms with E-state index in [9.17, 15) is 0 Å². The van der Waals surface area contributed by atoms with Crippen LogP contribution in [0.4, 0.5) is 0 Å². The number of ether oxygens (including phenoxy) is 1. The molecule has 0 saturated carbocycles. The standard InChI is InChI=1S/C15H16N2O/c16-9-11-6-8-18-15-13(11)4-1-5-14(15)12-3-2-7-17-10-12/h1-5,7,10-11H,6,8-9,16H2. The molecule has 1 atom stereocenters. The maximum absolute atomic E-state index is 5.86. The van der Waals surface area contributed by atoms with Crippen LogP contribution in [0.15, 0.2) is 42.7 Å². The first-order valence-electron chi connectivity index (χ1n) is 6.26. The smallest absolute Gasteiger partial charge is 0.130 e. The van der Waals surface area contributed by atoms with Crippen LogP contribution in [0.5, 0.6) is 5.75 Å². The second-order valence-corrected chi connectivity index (χ2v) is 4.54. The molecule has 3 nitrogen and oxygen atoms in total. The fourth-order valence-corrected chi connectivity index (χ4v) is 2.49. The Kier molecular flexibility index (Phi) is 2.99.